The molecule has 2 unspecified atom stereocenters. The molecule has 2 heterocycles. The standard InChI is InChI=1S/C17H11ClO4/c18-10-3-1-9(2-4-10)15-11-5-13-14(21-8-20-13)6-12(11)16(19)17(15)7-22-17/h1-6,15H,7-8H2. The lowest BCUT2D eigenvalue weighted by molar-refractivity contribution is 0.0881. The maximum Gasteiger partial charge on any atom is 0.231 e. The molecule has 2 aliphatic heterocycles. The maximum atomic E-state index is 12.8. The van der Waals surface area contributed by atoms with E-state index in [4.69, 9.17) is 25.8 Å². The zero-order valence-corrected chi connectivity index (χ0v) is 12.2. The van der Waals surface area contributed by atoms with Crippen molar-refractivity contribution in [3.05, 3.63) is 58.1 Å². The van der Waals surface area contributed by atoms with E-state index in [1.807, 2.05) is 30.3 Å². The van der Waals surface area contributed by atoms with Crippen LogP contribution in [0.15, 0.2) is 36.4 Å². The van der Waals surface area contributed by atoms with Gasteiger partial charge in [0.2, 0.25) is 6.79 Å². The molecule has 110 valence electrons. The molecule has 5 heteroatoms. The van der Waals surface area contributed by atoms with Crippen LogP contribution in [-0.2, 0) is 4.74 Å². The molecule has 2 atom stereocenters. The summed E-state index contributed by atoms with van der Waals surface area (Å²) in [5.41, 5.74) is 1.87. The van der Waals surface area contributed by atoms with Crippen molar-refractivity contribution >= 4 is 17.4 Å². The molecule has 22 heavy (non-hydrogen) atoms. The van der Waals surface area contributed by atoms with Crippen LogP contribution in [0.5, 0.6) is 11.5 Å². The molecule has 4 nitrogen and oxygen atoms in total. The third kappa shape index (κ3) is 1.49. The number of carbonyl (C=O) groups excluding carboxylic acids is 1. The summed E-state index contributed by atoms with van der Waals surface area (Å²) in [4.78, 5) is 12.8. The normalized spacial score (nSPS) is 27.3. The molecule has 2 aromatic rings. The van der Waals surface area contributed by atoms with Crippen LogP contribution in [0.1, 0.15) is 27.4 Å². The molecule has 0 bridgehead atoms. The van der Waals surface area contributed by atoms with Crippen LogP contribution in [-0.4, -0.2) is 24.8 Å². The molecule has 0 aromatic heterocycles. The SMILES string of the molecule is O=C1c2cc3c(cc2C(c2ccc(Cl)cc2)C12CO2)OCO3. The highest BCUT2D eigenvalue weighted by atomic mass is 35.5. The van der Waals surface area contributed by atoms with E-state index in [9.17, 15) is 4.79 Å². The van der Waals surface area contributed by atoms with Gasteiger partial charge in [0.25, 0.3) is 0 Å². The molecule has 1 fully saturated rings. The Labute approximate surface area is 131 Å². The van der Waals surface area contributed by atoms with Gasteiger partial charge in [-0.25, -0.2) is 0 Å². The van der Waals surface area contributed by atoms with Gasteiger partial charge in [0.05, 0.1) is 6.61 Å². The van der Waals surface area contributed by atoms with Gasteiger partial charge in [-0.1, -0.05) is 23.7 Å². The Hall–Kier alpha value is -2.04. The predicted molar refractivity (Wildman–Crippen MR) is 78.9 cm³/mol. The van der Waals surface area contributed by atoms with E-state index >= 15 is 0 Å². The van der Waals surface area contributed by atoms with Crippen LogP contribution in [0.4, 0.5) is 0 Å². The summed E-state index contributed by atoms with van der Waals surface area (Å²) in [5.74, 6) is 1.21. The minimum atomic E-state index is -0.759. The summed E-state index contributed by atoms with van der Waals surface area (Å²) < 4.78 is 16.5. The van der Waals surface area contributed by atoms with Crippen molar-refractivity contribution in [3.63, 3.8) is 0 Å². The molecule has 0 saturated carbocycles. The Morgan fingerprint density at radius 2 is 1.77 bits per heavy atom. The van der Waals surface area contributed by atoms with Gasteiger partial charge in [-0.2, -0.15) is 0 Å². The molecular formula is C17H11ClO4. The van der Waals surface area contributed by atoms with E-state index in [1.54, 1.807) is 6.07 Å². The van der Waals surface area contributed by atoms with Crippen LogP contribution in [0.2, 0.25) is 5.02 Å². The molecular weight excluding hydrogens is 304 g/mol. The summed E-state index contributed by atoms with van der Waals surface area (Å²) in [5, 5.41) is 0.671. The molecule has 3 aliphatic rings. The van der Waals surface area contributed by atoms with E-state index in [-0.39, 0.29) is 18.5 Å². The Morgan fingerprint density at radius 3 is 2.45 bits per heavy atom. The van der Waals surface area contributed by atoms with Crippen molar-refractivity contribution < 1.29 is 19.0 Å². The second-order valence-corrected chi connectivity index (χ2v) is 6.22. The Balaban J connectivity index is 1.72. The van der Waals surface area contributed by atoms with E-state index in [0.717, 1.165) is 11.1 Å². The highest BCUT2D eigenvalue weighted by Gasteiger charge is 2.64. The molecule has 1 saturated heterocycles. The molecule has 5 rings (SSSR count). The second kappa shape index (κ2) is 4.03. The van der Waals surface area contributed by atoms with Gasteiger partial charge in [0.1, 0.15) is 0 Å². The number of ether oxygens (including phenoxy) is 3. The number of carbonyl (C=O) groups is 1. The van der Waals surface area contributed by atoms with Crippen LogP contribution >= 0.6 is 11.6 Å². The highest BCUT2D eigenvalue weighted by molar-refractivity contribution is 6.30. The van der Waals surface area contributed by atoms with E-state index in [1.165, 1.54) is 0 Å². The maximum absolute atomic E-state index is 12.8. The van der Waals surface area contributed by atoms with Crippen molar-refractivity contribution in [2.75, 3.05) is 13.4 Å². The Bertz CT molecular complexity index is 808. The number of hydrogen-bond acceptors (Lipinski definition) is 4. The number of rotatable bonds is 1. The first-order valence-corrected chi connectivity index (χ1v) is 7.45. The number of epoxide rings is 1. The minimum Gasteiger partial charge on any atom is -0.454 e. The van der Waals surface area contributed by atoms with Gasteiger partial charge in [-0.05, 0) is 35.4 Å². The zero-order chi connectivity index (χ0) is 14.9. The number of fused-ring (bicyclic) bond motifs is 2. The fourth-order valence-corrected chi connectivity index (χ4v) is 3.61. The Kier molecular flexibility index (Phi) is 2.29. The lowest BCUT2D eigenvalue weighted by atomic mass is 9.86. The number of halogens is 1. The van der Waals surface area contributed by atoms with Gasteiger partial charge >= 0.3 is 0 Å². The third-order valence-electron chi connectivity index (χ3n) is 4.61. The van der Waals surface area contributed by atoms with Crippen molar-refractivity contribution in [2.24, 2.45) is 0 Å². The minimum absolute atomic E-state index is 0.0285. The van der Waals surface area contributed by atoms with Crippen LogP contribution in [0, 0.1) is 0 Å². The number of Topliss-reactive ketones (excluding diaryl/α,β-unsaturated/α-hetero) is 1. The number of hydrogen-bond donors (Lipinski definition) is 0. The fraction of sp³-hybridized carbons (Fsp3) is 0.235. The lowest BCUT2D eigenvalue weighted by Crippen LogP contribution is -2.25. The average molecular weight is 315 g/mol. The van der Waals surface area contributed by atoms with Crippen molar-refractivity contribution in [2.45, 2.75) is 11.5 Å². The van der Waals surface area contributed by atoms with Gasteiger partial charge < -0.3 is 14.2 Å². The molecule has 0 amide bonds. The van der Waals surface area contributed by atoms with Crippen LogP contribution in [0.3, 0.4) is 0 Å². The van der Waals surface area contributed by atoms with Crippen molar-refractivity contribution in [1.29, 1.82) is 0 Å². The fourth-order valence-electron chi connectivity index (χ4n) is 3.48. The smallest absolute Gasteiger partial charge is 0.231 e. The number of benzene rings is 2. The summed E-state index contributed by atoms with van der Waals surface area (Å²) in [6, 6.07) is 11.3. The molecule has 1 aliphatic carbocycles. The Morgan fingerprint density at radius 1 is 1.09 bits per heavy atom. The monoisotopic (exact) mass is 314 g/mol. The highest BCUT2D eigenvalue weighted by Crippen LogP contribution is 2.56. The predicted octanol–water partition coefficient (Wildman–Crippen LogP) is 3.17. The largest absolute Gasteiger partial charge is 0.454 e. The van der Waals surface area contributed by atoms with Gasteiger partial charge in [0, 0.05) is 16.5 Å². The van der Waals surface area contributed by atoms with Crippen LogP contribution < -0.4 is 9.47 Å². The van der Waals surface area contributed by atoms with Crippen molar-refractivity contribution in [3.8, 4) is 11.5 Å². The van der Waals surface area contributed by atoms with E-state index in [0.29, 0.717) is 28.7 Å². The van der Waals surface area contributed by atoms with E-state index in [2.05, 4.69) is 0 Å². The first-order chi connectivity index (χ1) is 10.7. The molecule has 2 aromatic carbocycles. The topological polar surface area (TPSA) is 48.1 Å². The summed E-state index contributed by atoms with van der Waals surface area (Å²) >= 11 is 5.98. The summed E-state index contributed by atoms with van der Waals surface area (Å²) in [6.45, 7) is 0.639. The zero-order valence-electron chi connectivity index (χ0n) is 11.5. The van der Waals surface area contributed by atoms with Gasteiger partial charge in [-0.3, -0.25) is 4.79 Å². The summed E-state index contributed by atoms with van der Waals surface area (Å²) in [7, 11) is 0. The van der Waals surface area contributed by atoms with Crippen molar-refractivity contribution in [1.82, 2.24) is 0 Å². The van der Waals surface area contributed by atoms with E-state index < -0.39 is 5.60 Å². The van der Waals surface area contributed by atoms with Gasteiger partial charge in [-0.15, -0.1) is 0 Å². The third-order valence-corrected chi connectivity index (χ3v) is 4.86. The lowest BCUT2D eigenvalue weighted by Gasteiger charge is -2.16. The molecule has 1 spiro atoms. The second-order valence-electron chi connectivity index (χ2n) is 5.78. The first-order valence-electron chi connectivity index (χ1n) is 7.07. The molecule has 0 radical (unpaired) electrons. The molecule has 0 N–H and O–H groups in total. The van der Waals surface area contributed by atoms with Gasteiger partial charge in [0.15, 0.2) is 22.9 Å². The average Bonchev–Trinajstić information content (AvgIpc) is 3.12. The summed E-state index contributed by atoms with van der Waals surface area (Å²) in [6.07, 6.45) is 0. The van der Waals surface area contributed by atoms with Crippen LogP contribution in [0.25, 0.3) is 0 Å². The quantitative estimate of drug-likeness (QED) is 0.759. The number of ketones is 1. The first kappa shape index (κ1) is 12.5.